The predicted molar refractivity (Wildman–Crippen MR) is 110 cm³/mol. The van der Waals surface area contributed by atoms with Gasteiger partial charge < -0.3 is 9.84 Å². The smallest absolute Gasteiger partial charge is 0.197 e. The lowest BCUT2D eigenvalue weighted by Gasteiger charge is -2.11. The van der Waals surface area contributed by atoms with Crippen LogP contribution in [0.3, 0.4) is 0 Å². The fraction of sp³-hybridized carbons (Fsp3) is 0.318. The number of hydrogen-bond acceptors (Lipinski definition) is 6. The standard InChI is InChI=1S/C22H23NO4S/c1-2-15-5-8-19(23-13-15)17(9-10-24)14-27-18-6-3-16(4-7-18)11-21-20(25)12-22(26)28-21/h3-9,13,21,24H,2,10-12,14H2,1H3/b17-9+. The van der Waals surface area contributed by atoms with Crippen LogP contribution in [0, 0.1) is 0 Å². The van der Waals surface area contributed by atoms with E-state index in [1.54, 1.807) is 6.08 Å². The number of aryl methyl sites for hydroxylation is 1. The summed E-state index contributed by atoms with van der Waals surface area (Å²) in [6, 6.07) is 11.5. The molecule has 1 saturated heterocycles. The maximum atomic E-state index is 11.8. The van der Waals surface area contributed by atoms with Gasteiger partial charge in [-0.3, -0.25) is 14.6 Å². The van der Waals surface area contributed by atoms with Crippen LogP contribution in [0.15, 0.2) is 48.7 Å². The van der Waals surface area contributed by atoms with Gasteiger partial charge in [-0.05, 0) is 42.2 Å². The zero-order valence-electron chi connectivity index (χ0n) is 15.8. The molecule has 0 radical (unpaired) electrons. The topological polar surface area (TPSA) is 76.5 Å². The van der Waals surface area contributed by atoms with Crippen molar-refractivity contribution in [2.75, 3.05) is 13.2 Å². The first-order valence-electron chi connectivity index (χ1n) is 9.28. The number of ether oxygens (including phenoxy) is 1. The van der Waals surface area contributed by atoms with Crippen molar-refractivity contribution in [3.05, 3.63) is 65.5 Å². The minimum absolute atomic E-state index is 0.00991. The number of benzene rings is 1. The van der Waals surface area contributed by atoms with E-state index in [2.05, 4.69) is 11.9 Å². The Balaban J connectivity index is 1.60. The van der Waals surface area contributed by atoms with E-state index in [9.17, 15) is 14.7 Å². The number of rotatable bonds is 8. The minimum Gasteiger partial charge on any atom is -0.489 e. The third-order valence-corrected chi connectivity index (χ3v) is 5.71. The van der Waals surface area contributed by atoms with Crippen LogP contribution in [0.5, 0.6) is 5.75 Å². The normalized spacial score (nSPS) is 17.2. The molecular formula is C22H23NO4S. The van der Waals surface area contributed by atoms with Crippen molar-refractivity contribution in [2.45, 2.75) is 31.4 Å². The van der Waals surface area contributed by atoms with Crippen LogP contribution in [0.4, 0.5) is 0 Å². The van der Waals surface area contributed by atoms with E-state index in [1.807, 2.05) is 42.6 Å². The number of aliphatic hydroxyl groups excluding tert-OH is 1. The van der Waals surface area contributed by atoms with Crippen molar-refractivity contribution in [1.29, 1.82) is 0 Å². The van der Waals surface area contributed by atoms with E-state index in [1.165, 1.54) is 0 Å². The average Bonchev–Trinajstić information content (AvgIpc) is 3.03. The van der Waals surface area contributed by atoms with Crippen LogP contribution in [0.1, 0.15) is 30.2 Å². The highest BCUT2D eigenvalue weighted by Crippen LogP contribution is 2.28. The molecule has 1 aromatic heterocycles. The Labute approximate surface area is 168 Å². The molecule has 1 aromatic carbocycles. The van der Waals surface area contributed by atoms with Gasteiger partial charge in [0.15, 0.2) is 10.9 Å². The second-order valence-electron chi connectivity index (χ2n) is 6.58. The summed E-state index contributed by atoms with van der Waals surface area (Å²) in [7, 11) is 0. The Morgan fingerprint density at radius 2 is 1.96 bits per heavy atom. The second kappa shape index (κ2) is 9.66. The molecule has 0 spiro atoms. The van der Waals surface area contributed by atoms with E-state index < -0.39 is 0 Å². The molecule has 0 saturated carbocycles. The van der Waals surface area contributed by atoms with Gasteiger partial charge >= 0.3 is 0 Å². The number of hydrogen-bond donors (Lipinski definition) is 1. The first kappa shape index (κ1) is 20.3. The fourth-order valence-electron chi connectivity index (χ4n) is 2.95. The third-order valence-electron chi connectivity index (χ3n) is 4.59. The molecule has 1 unspecified atom stereocenters. The van der Waals surface area contributed by atoms with Gasteiger partial charge in [-0.2, -0.15) is 0 Å². The maximum absolute atomic E-state index is 11.8. The van der Waals surface area contributed by atoms with E-state index >= 15 is 0 Å². The van der Waals surface area contributed by atoms with Crippen molar-refractivity contribution in [2.24, 2.45) is 0 Å². The molecule has 0 amide bonds. The quantitative estimate of drug-likeness (QED) is 0.689. The van der Waals surface area contributed by atoms with Gasteiger partial charge in [0.1, 0.15) is 12.4 Å². The second-order valence-corrected chi connectivity index (χ2v) is 7.84. The number of aromatic nitrogens is 1. The van der Waals surface area contributed by atoms with Crippen LogP contribution in [-0.4, -0.2) is 39.5 Å². The summed E-state index contributed by atoms with van der Waals surface area (Å²) >= 11 is 1.13. The summed E-state index contributed by atoms with van der Waals surface area (Å²) in [5.74, 6) is 0.704. The summed E-state index contributed by atoms with van der Waals surface area (Å²) in [5, 5.41) is 8.98. The number of ketones is 1. The average molecular weight is 397 g/mol. The maximum Gasteiger partial charge on any atom is 0.197 e. The molecule has 6 heteroatoms. The minimum atomic E-state index is -0.268. The van der Waals surface area contributed by atoms with Crippen LogP contribution in [-0.2, 0) is 22.4 Å². The number of thioether (sulfide) groups is 1. The van der Waals surface area contributed by atoms with Crippen molar-refractivity contribution >= 4 is 28.2 Å². The van der Waals surface area contributed by atoms with Crippen LogP contribution < -0.4 is 4.74 Å². The van der Waals surface area contributed by atoms with Gasteiger partial charge in [-0.25, -0.2) is 0 Å². The van der Waals surface area contributed by atoms with Crippen LogP contribution >= 0.6 is 11.8 Å². The summed E-state index contributed by atoms with van der Waals surface area (Å²) < 4.78 is 5.85. The monoisotopic (exact) mass is 397 g/mol. The van der Waals surface area contributed by atoms with Gasteiger partial charge in [0.2, 0.25) is 0 Å². The SMILES string of the molecule is CCc1ccc(/C(=C/CO)COc2ccc(CC3SC(=O)CC3=O)cc2)nc1. The molecule has 2 heterocycles. The predicted octanol–water partition coefficient (Wildman–Crippen LogP) is 3.24. The molecule has 28 heavy (non-hydrogen) atoms. The molecule has 1 aliphatic heterocycles. The Morgan fingerprint density at radius 1 is 1.21 bits per heavy atom. The van der Waals surface area contributed by atoms with Gasteiger partial charge in [0.05, 0.1) is 24.0 Å². The Morgan fingerprint density at radius 3 is 2.54 bits per heavy atom. The number of pyridine rings is 1. The van der Waals surface area contributed by atoms with E-state index in [0.29, 0.717) is 18.8 Å². The van der Waals surface area contributed by atoms with Gasteiger partial charge in [-0.15, -0.1) is 0 Å². The molecule has 0 aliphatic carbocycles. The molecule has 1 aliphatic rings. The molecule has 3 rings (SSSR count). The summed E-state index contributed by atoms with van der Waals surface area (Å²) in [6.45, 7) is 2.29. The Kier molecular flexibility index (Phi) is 7.01. The molecule has 5 nitrogen and oxygen atoms in total. The highest BCUT2D eigenvalue weighted by atomic mass is 32.2. The van der Waals surface area contributed by atoms with E-state index in [4.69, 9.17) is 4.74 Å². The molecule has 146 valence electrons. The van der Waals surface area contributed by atoms with Crippen molar-refractivity contribution < 1.29 is 19.4 Å². The molecule has 2 aromatic rings. The summed E-state index contributed by atoms with van der Waals surface area (Å²) in [6.07, 6.45) is 5.06. The molecule has 1 atom stereocenters. The zero-order chi connectivity index (χ0) is 19.9. The number of Topliss-reactive ketones (excluding diaryl/α,β-unsaturated/α-hetero) is 1. The van der Waals surface area contributed by atoms with Gasteiger partial charge in [-0.1, -0.05) is 43.0 Å². The number of carbonyl (C=O) groups is 2. The zero-order valence-corrected chi connectivity index (χ0v) is 16.6. The molecular weight excluding hydrogens is 374 g/mol. The number of nitrogens with zero attached hydrogens (tertiary/aromatic N) is 1. The highest BCUT2D eigenvalue weighted by Gasteiger charge is 2.31. The van der Waals surface area contributed by atoms with Gasteiger partial charge in [0.25, 0.3) is 0 Å². The lowest BCUT2D eigenvalue weighted by atomic mass is 10.1. The summed E-state index contributed by atoms with van der Waals surface area (Å²) in [4.78, 5) is 27.6. The van der Waals surface area contributed by atoms with Crippen molar-refractivity contribution in [1.82, 2.24) is 4.98 Å². The summed E-state index contributed by atoms with van der Waals surface area (Å²) in [5.41, 5.74) is 3.75. The first-order valence-corrected chi connectivity index (χ1v) is 10.2. The highest BCUT2D eigenvalue weighted by molar-refractivity contribution is 8.15. The largest absolute Gasteiger partial charge is 0.489 e. The molecule has 1 N–H and O–H groups in total. The lowest BCUT2D eigenvalue weighted by Crippen LogP contribution is -2.13. The van der Waals surface area contributed by atoms with Gasteiger partial charge in [0, 0.05) is 11.8 Å². The van der Waals surface area contributed by atoms with Crippen LogP contribution in [0.2, 0.25) is 0 Å². The Hall–Kier alpha value is -2.44. The lowest BCUT2D eigenvalue weighted by molar-refractivity contribution is -0.121. The first-order chi connectivity index (χ1) is 13.6. The van der Waals surface area contributed by atoms with Crippen molar-refractivity contribution in [3.63, 3.8) is 0 Å². The molecule has 1 fully saturated rings. The fourth-order valence-corrected chi connectivity index (χ4v) is 3.98. The number of aliphatic hydroxyl groups is 1. The molecule has 0 bridgehead atoms. The van der Waals surface area contributed by atoms with E-state index in [0.717, 1.165) is 40.6 Å². The Bertz CT molecular complexity index is 859. The number of carbonyl (C=O) groups excluding carboxylic acids is 2. The third kappa shape index (κ3) is 5.30. The van der Waals surface area contributed by atoms with Crippen LogP contribution in [0.25, 0.3) is 5.57 Å². The van der Waals surface area contributed by atoms with Crippen molar-refractivity contribution in [3.8, 4) is 5.75 Å². The van der Waals surface area contributed by atoms with E-state index in [-0.39, 0.29) is 29.2 Å².